The molecule has 43 heavy (non-hydrogen) atoms. The Bertz CT molecular complexity index is 1720. The van der Waals surface area contributed by atoms with Crippen LogP contribution in [0.25, 0.3) is 32.8 Å². The zero-order valence-electron chi connectivity index (χ0n) is 24.2. The lowest BCUT2D eigenvalue weighted by molar-refractivity contribution is 0.0320. The predicted octanol–water partition coefficient (Wildman–Crippen LogP) is 6.47. The number of ether oxygens (including phenoxy) is 4. The number of aromatic amines is 1. The van der Waals surface area contributed by atoms with E-state index in [0.717, 1.165) is 82.5 Å². The van der Waals surface area contributed by atoms with Gasteiger partial charge in [-0.25, -0.2) is 9.78 Å². The van der Waals surface area contributed by atoms with Gasteiger partial charge in [-0.15, -0.1) is 0 Å². The average Bonchev–Trinajstić information content (AvgIpc) is 3.36. The number of carboxylic acid groups (broad SMARTS) is 1. The van der Waals surface area contributed by atoms with E-state index < -0.39 is 6.16 Å². The molecule has 3 heterocycles. The van der Waals surface area contributed by atoms with Gasteiger partial charge in [-0.1, -0.05) is 54.6 Å². The molecule has 0 atom stereocenters. The topological polar surface area (TPSA) is 106 Å². The van der Waals surface area contributed by atoms with Crippen molar-refractivity contribution in [1.82, 2.24) is 14.9 Å². The highest BCUT2D eigenvalue weighted by molar-refractivity contribution is 5.99. The summed E-state index contributed by atoms with van der Waals surface area (Å²) in [6, 6.07) is 22.0. The number of hydrogen-bond donors (Lipinski definition) is 2. The molecule has 9 nitrogen and oxygen atoms in total. The fourth-order valence-electron chi connectivity index (χ4n) is 5.70. The Balaban J connectivity index is 1.25. The van der Waals surface area contributed by atoms with Crippen LogP contribution in [-0.2, 0) is 11.2 Å². The van der Waals surface area contributed by atoms with Crippen molar-refractivity contribution < 1.29 is 28.8 Å². The minimum atomic E-state index is -1.37. The number of pyridine rings is 1. The standard InChI is InChI=1S/C34H35N3O6/c1-23-14-15-35-33(42-22-18-37-16-20-40-21-17-37)30(23)28-11-5-10-26-27(32(36-31(26)28)43-34(38)39)12-6-19-41-29-13-4-8-24-7-2-3-9-25(24)29/h2-5,7-11,13-15,36H,6,12,16-22H2,1H3,(H,38,39). The van der Waals surface area contributed by atoms with E-state index in [4.69, 9.17) is 18.9 Å². The molecule has 0 spiro atoms. The number of aryl methyl sites for hydroxylation is 2. The number of para-hydroxylation sites is 1. The molecule has 3 aromatic carbocycles. The maximum absolute atomic E-state index is 11.6. The van der Waals surface area contributed by atoms with E-state index >= 15 is 0 Å². The quantitative estimate of drug-likeness (QED) is 0.135. The molecule has 1 aliphatic rings. The number of nitrogens with one attached hydrogen (secondary N) is 1. The average molecular weight is 582 g/mol. The summed E-state index contributed by atoms with van der Waals surface area (Å²) >= 11 is 0. The number of fused-ring (bicyclic) bond motifs is 2. The second kappa shape index (κ2) is 13.1. The molecule has 0 aliphatic carbocycles. The maximum atomic E-state index is 11.6. The fraction of sp³-hybridized carbons (Fsp3) is 0.294. The normalized spacial score (nSPS) is 13.8. The molecule has 5 aromatic rings. The van der Waals surface area contributed by atoms with Crippen LogP contribution in [-0.4, -0.2) is 72.2 Å². The summed E-state index contributed by atoms with van der Waals surface area (Å²) < 4.78 is 23.1. The van der Waals surface area contributed by atoms with Crippen LogP contribution >= 0.6 is 0 Å². The highest BCUT2D eigenvalue weighted by atomic mass is 16.7. The van der Waals surface area contributed by atoms with Crippen LogP contribution in [0, 0.1) is 6.92 Å². The molecule has 9 heteroatoms. The van der Waals surface area contributed by atoms with Crippen LogP contribution < -0.4 is 14.2 Å². The van der Waals surface area contributed by atoms with Crippen molar-refractivity contribution in [3.63, 3.8) is 0 Å². The van der Waals surface area contributed by atoms with E-state index in [1.165, 1.54) is 0 Å². The SMILES string of the molecule is Cc1ccnc(OCCN2CCOCC2)c1-c1cccc2c(CCCOc3cccc4ccccc34)c(OC(=O)O)[nH]c12. The number of nitrogens with zero attached hydrogens (tertiary/aromatic N) is 2. The Morgan fingerprint density at radius 2 is 1.77 bits per heavy atom. The van der Waals surface area contributed by atoms with Gasteiger partial charge in [0.1, 0.15) is 12.4 Å². The molecule has 222 valence electrons. The lowest BCUT2D eigenvalue weighted by atomic mass is 9.98. The van der Waals surface area contributed by atoms with Gasteiger partial charge in [0.25, 0.3) is 0 Å². The molecule has 2 aromatic heterocycles. The first-order chi connectivity index (χ1) is 21.1. The molecule has 0 bridgehead atoms. The molecule has 0 unspecified atom stereocenters. The number of hydrogen-bond acceptors (Lipinski definition) is 7. The van der Waals surface area contributed by atoms with Crippen LogP contribution in [0.5, 0.6) is 17.5 Å². The van der Waals surface area contributed by atoms with E-state index in [0.29, 0.717) is 31.9 Å². The minimum absolute atomic E-state index is 0.219. The summed E-state index contributed by atoms with van der Waals surface area (Å²) in [7, 11) is 0. The van der Waals surface area contributed by atoms with E-state index in [2.05, 4.69) is 27.0 Å². The van der Waals surface area contributed by atoms with Gasteiger partial charge in [0.05, 0.1) is 25.3 Å². The Morgan fingerprint density at radius 1 is 0.977 bits per heavy atom. The zero-order valence-corrected chi connectivity index (χ0v) is 24.2. The number of morpholine rings is 1. The van der Waals surface area contributed by atoms with Gasteiger partial charge in [-0.2, -0.15) is 0 Å². The van der Waals surface area contributed by atoms with Crippen LogP contribution in [0.1, 0.15) is 17.5 Å². The van der Waals surface area contributed by atoms with E-state index in [1.807, 2.05) is 61.5 Å². The molecule has 1 saturated heterocycles. The van der Waals surface area contributed by atoms with Crippen LogP contribution in [0.4, 0.5) is 4.79 Å². The molecular formula is C34H35N3O6. The van der Waals surface area contributed by atoms with Crippen molar-refractivity contribution in [1.29, 1.82) is 0 Å². The summed E-state index contributed by atoms with van der Waals surface area (Å²) in [6.07, 6.45) is 1.60. The Labute approximate surface area is 250 Å². The summed E-state index contributed by atoms with van der Waals surface area (Å²) in [6.45, 7) is 7.03. The molecule has 0 amide bonds. The maximum Gasteiger partial charge on any atom is 0.512 e. The lowest BCUT2D eigenvalue weighted by Gasteiger charge is -2.26. The molecule has 0 saturated carbocycles. The van der Waals surface area contributed by atoms with Crippen molar-refractivity contribution in [3.8, 4) is 28.6 Å². The third-order valence-corrected chi connectivity index (χ3v) is 7.81. The third-order valence-electron chi connectivity index (χ3n) is 7.81. The number of benzene rings is 3. The van der Waals surface area contributed by atoms with Gasteiger partial charge in [0, 0.05) is 53.3 Å². The molecule has 1 aliphatic heterocycles. The van der Waals surface area contributed by atoms with Crippen LogP contribution in [0.2, 0.25) is 0 Å². The van der Waals surface area contributed by atoms with E-state index in [-0.39, 0.29) is 5.88 Å². The van der Waals surface area contributed by atoms with E-state index in [9.17, 15) is 9.90 Å². The highest BCUT2D eigenvalue weighted by Crippen LogP contribution is 2.40. The fourth-order valence-corrected chi connectivity index (χ4v) is 5.70. The Hall–Kier alpha value is -4.60. The molecule has 6 rings (SSSR count). The van der Waals surface area contributed by atoms with Crippen molar-refractivity contribution in [3.05, 3.63) is 84.1 Å². The number of H-pyrrole nitrogens is 1. The monoisotopic (exact) mass is 581 g/mol. The van der Waals surface area contributed by atoms with Gasteiger partial charge in [0.15, 0.2) is 0 Å². The molecular weight excluding hydrogens is 546 g/mol. The number of carbonyl (C=O) groups is 1. The third kappa shape index (κ3) is 6.43. The lowest BCUT2D eigenvalue weighted by Crippen LogP contribution is -2.38. The smallest absolute Gasteiger partial charge is 0.493 e. The molecule has 0 radical (unpaired) electrons. The van der Waals surface area contributed by atoms with Gasteiger partial charge in [0.2, 0.25) is 11.8 Å². The molecule has 2 N–H and O–H groups in total. The molecule has 1 fully saturated rings. The van der Waals surface area contributed by atoms with Gasteiger partial charge < -0.3 is 29.0 Å². The highest BCUT2D eigenvalue weighted by Gasteiger charge is 2.21. The first kappa shape index (κ1) is 28.5. The van der Waals surface area contributed by atoms with Crippen molar-refractivity contribution in [2.45, 2.75) is 19.8 Å². The van der Waals surface area contributed by atoms with Gasteiger partial charge in [-0.3, -0.25) is 4.90 Å². The van der Waals surface area contributed by atoms with Gasteiger partial charge >= 0.3 is 6.16 Å². The second-order valence-electron chi connectivity index (χ2n) is 10.6. The largest absolute Gasteiger partial charge is 0.512 e. The number of aromatic nitrogens is 2. The summed E-state index contributed by atoms with van der Waals surface area (Å²) in [4.78, 5) is 21.8. The minimum Gasteiger partial charge on any atom is -0.493 e. The van der Waals surface area contributed by atoms with Crippen molar-refractivity contribution in [2.75, 3.05) is 46.1 Å². The Kier molecular flexibility index (Phi) is 8.72. The second-order valence-corrected chi connectivity index (χ2v) is 10.6. The summed E-state index contributed by atoms with van der Waals surface area (Å²) in [5.41, 5.74) is 4.31. The first-order valence-corrected chi connectivity index (χ1v) is 14.6. The Morgan fingerprint density at radius 3 is 2.63 bits per heavy atom. The van der Waals surface area contributed by atoms with E-state index in [1.54, 1.807) is 6.20 Å². The zero-order chi connectivity index (χ0) is 29.6. The van der Waals surface area contributed by atoms with Crippen LogP contribution in [0.3, 0.4) is 0 Å². The van der Waals surface area contributed by atoms with Crippen molar-refractivity contribution in [2.24, 2.45) is 0 Å². The first-order valence-electron chi connectivity index (χ1n) is 14.6. The summed E-state index contributed by atoms with van der Waals surface area (Å²) in [5, 5.41) is 12.6. The van der Waals surface area contributed by atoms with Crippen LogP contribution in [0.15, 0.2) is 72.9 Å². The predicted molar refractivity (Wildman–Crippen MR) is 165 cm³/mol. The summed E-state index contributed by atoms with van der Waals surface area (Å²) in [5.74, 6) is 1.59. The van der Waals surface area contributed by atoms with Gasteiger partial charge in [-0.05, 0) is 42.8 Å². The van der Waals surface area contributed by atoms with Crippen molar-refractivity contribution >= 4 is 27.8 Å². The number of rotatable bonds is 11.